The van der Waals surface area contributed by atoms with Gasteiger partial charge in [0.15, 0.2) is 0 Å². The minimum atomic E-state index is -0.807. The van der Waals surface area contributed by atoms with Crippen molar-refractivity contribution in [3.05, 3.63) is 94.8 Å². The number of halogens is 1. The van der Waals surface area contributed by atoms with Gasteiger partial charge in [-0.3, -0.25) is 14.9 Å². The van der Waals surface area contributed by atoms with Gasteiger partial charge in [0, 0.05) is 22.1 Å². The molecule has 172 valence electrons. The Morgan fingerprint density at radius 1 is 1.00 bits per heavy atom. The molecule has 34 heavy (non-hydrogen) atoms. The number of nitrogens with zero attached hydrogens (tertiary/aromatic N) is 2. The zero-order valence-corrected chi connectivity index (χ0v) is 19.4. The second-order valence-electron chi connectivity index (χ2n) is 7.69. The number of carbonyl (C=O) groups excluding carboxylic acids is 3. The van der Waals surface area contributed by atoms with Crippen molar-refractivity contribution in [3.8, 4) is 11.4 Å². The number of carbonyl (C=O) groups is 3. The van der Waals surface area contributed by atoms with Gasteiger partial charge in [-0.1, -0.05) is 24.3 Å². The van der Waals surface area contributed by atoms with Crippen LogP contribution in [0.2, 0.25) is 5.02 Å². The van der Waals surface area contributed by atoms with Crippen LogP contribution >= 0.6 is 11.6 Å². The highest BCUT2D eigenvalue weighted by Gasteiger charge is 2.37. The van der Waals surface area contributed by atoms with E-state index in [1.807, 2.05) is 48.7 Å². The summed E-state index contributed by atoms with van der Waals surface area (Å²) in [4.78, 5) is 39.0. The van der Waals surface area contributed by atoms with E-state index in [-0.39, 0.29) is 5.57 Å². The smallest absolute Gasteiger partial charge is 0.335 e. The molecule has 0 aliphatic carbocycles. The summed E-state index contributed by atoms with van der Waals surface area (Å²) < 4.78 is 7.55. The van der Waals surface area contributed by atoms with Gasteiger partial charge in [-0.05, 0) is 80.1 Å². The van der Waals surface area contributed by atoms with E-state index in [1.54, 1.807) is 30.3 Å². The predicted molar refractivity (Wildman–Crippen MR) is 131 cm³/mol. The molecule has 1 saturated heterocycles. The fourth-order valence-electron chi connectivity index (χ4n) is 3.82. The Balaban J connectivity index is 1.68. The third-order valence-electron chi connectivity index (χ3n) is 5.42. The number of ether oxygens (including phenoxy) is 1. The van der Waals surface area contributed by atoms with Gasteiger partial charge >= 0.3 is 6.03 Å². The second kappa shape index (κ2) is 9.41. The number of benzene rings is 2. The third kappa shape index (κ3) is 4.38. The summed E-state index contributed by atoms with van der Waals surface area (Å²) >= 11 is 5.92. The minimum Gasteiger partial charge on any atom is -0.490 e. The van der Waals surface area contributed by atoms with Crippen molar-refractivity contribution in [2.75, 3.05) is 11.5 Å². The third-order valence-corrected chi connectivity index (χ3v) is 5.67. The van der Waals surface area contributed by atoms with Crippen molar-refractivity contribution in [2.45, 2.75) is 13.8 Å². The van der Waals surface area contributed by atoms with Crippen molar-refractivity contribution in [3.63, 3.8) is 0 Å². The van der Waals surface area contributed by atoms with E-state index in [4.69, 9.17) is 16.3 Å². The molecule has 0 atom stereocenters. The number of aryl methyl sites for hydroxylation is 1. The average Bonchev–Trinajstić information content (AvgIpc) is 3.09. The van der Waals surface area contributed by atoms with Gasteiger partial charge < -0.3 is 9.30 Å². The van der Waals surface area contributed by atoms with Gasteiger partial charge in [-0.15, -0.1) is 0 Å². The fourth-order valence-corrected chi connectivity index (χ4v) is 3.94. The number of aromatic nitrogens is 1. The molecule has 1 N–H and O–H groups in total. The lowest BCUT2D eigenvalue weighted by atomic mass is 10.1. The van der Waals surface area contributed by atoms with Crippen LogP contribution in [0.1, 0.15) is 17.0 Å². The zero-order valence-electron chi connectivity index (χ0n) is 18.7. The van der Waals surface area contributed by atoms with Crippen molar-refractivity contribution in [1.29, 1.82) is 0 Å². The molecule has 0 unspecified atom stereocenters. The maximum Gasteiger partial charge on any atom is 0.335 e. The first-order valence-electron chi connectivity index (χ1n) is 10.5. The van der Waals surface area contributed by atoms with Crippen molar-refractivity contribution in [2.24, 2.45) is 0 Å². The molecule has 0 bridgehead atoms. The summed E-state index contributed by atoms with van der Waals surface area (Å²) in [6.45, 7) is 7.89. The average molecular weight is 476 g/mol. The molecule has 3 aromatic rings. The summed E-state index contributed by atoms with van der Waals surface area (Å²) in [5, 5.41) is 2.70. The summed E-state index contributed by atoms with van der Waals surface area (Å²) in [7, 11) is 0. The monoisotopic (exact) mass is 475 g/mol. The highest BCUT2D eigenvalue weighted by atomic mass is 35.5. The highest BCUT2D eigenvalue weighted by molar-refractivity contribution is 6.39. The van der Waals surface area contributed by atoms with Crippen molar-refractivity contribution in [1.82, 2.24) is 9.88 Å². The van der Waals surface area contributed by atoms with E-state index < -0.39 is 17.8 Å². The molecule has 0 spiro atoms. The number of anilines is 1. The van der Waals surface area contributed by atoms with E-state index in [0.29, 0.717) is 22.9 Å². The first-order chi connectivity index (χ1) is 16.3. The number of imide groups is 2. The molecule has 1 fully saturated rings. The maximum atomic E-state index is 13.1. The Kier molecular flexibility index (Phi) is 6.38. The summed E-state index contributed by atoms with van der Waals surface area (Å²) in [5.41, 5.74) is 3.52. The molecule has 4 amide bonds. The lowest BCUT2D eigenvalue weighted by molar-refractivity contribution is -0.122. The summed E-state index contributed by atoms with van der Waals surface area (Å²) in [6, 6.07) is 14.9. The summed E-state index contributed by atoms with van der Waals surface area (Å²) in [5.74, 6) is -0.719. The number of nitrogens with one attached hydrogen (secondary N) is 1. The van der Waals surface area contributed by atoms with E-state index in [1.165, 1.54) is 6.08 Å². The molecule has 1 aliphatic rings. The number of urea groups is 1. The van der Waals surface area contributed by atoms with Crippen LogP contribution in [0.25, 0.3) is 11.8 Å². The molecule has 4 rings (SSSR count). The number of rotatable bonds is 6. The first kappa shape index (κ1) is 23.1. The summed E-state index contributed by atoms with van der Waals surface area (Å²) in [6.07, 6.45) is 3.19. The lowest BCUT2D eigenvalue weighted by Gasteiger charge is -2.26. The molecule has 1 aliphatic heterocycles. The topological polar surface area (TPSA) is 80.6 Å². The molecule has 1 aromatic heterocycles. The van der Waals surface area contributed by atoms with Gasteiger partial charge in [0.25, 0.3) is 11.8 Å². The molecule has 2 aromatic carbocycles. The molecule has 7 nitrogen and oxygen atoms in total. The standard InChI is InChI=1S/C26H22ClN3O4/c1-4-13-34-22-11-9-20(10-12-22)29-16(2)14-18(17(29)3)15-23-24(31)28-26(33)30(25(23)32)21-7-5-19(27)6-8-21/h4-12,14-15H,1,13H2,2-3H3,(H,28,31,33)/b23-15+. The number of amides is 4. The molecular weight excluding hydrogens is 454 g/mol. The van der Waals surface area contributed by atoms with Gasteiger partial charge in [0.05, 0.1) is 5.69 Å². The minimum absolute atomic E-state index is 0.136. The van der Waals surface area contributed by atoms with Crippen molar-refractivity contribution >= 4 is 41.2 Å². The quantitative estimate of drug-likeness (QED) is 0.310. The highest BCUT2D eigenvalue weighted by Crippen LogP contribution is 2.27. The van der Waals surface area contributed by atoms with Crippen LogP contribution in [0.4, 0.5) is 10.5 Å². The molecule has 0 saturated carbocycles. The van der Waals surface area contributed by atoms with E-state index >= 15 is 0 Å². The fraction of sp³-hybridized carbons (Fsp3) is 0.115. The first-order valence-corrected chi connectivity index (χ1v) is 10.9. The molecule has 2 heterocycles. The van der Waals surface area contributed by atoms with Gasteiger partial charge in [-0.25, -0.2) is 9.69 Å². The number of hydrogen-bond donors (Lipinski definition) is 1. The van der Waals surface area contributed by atoms with Crippen LogP contribution < -0.4 is 15.0 Å². The van der Waals surface area contributed by atoms with Crippen LogP contribution in [0.15, 0.2) is 72.8 Å². The van der Waals surface area contributed by atoms with E-state index in [2.05, 4.69) is 11.9 Å². The van der Waals surface area contributed by atoms with Gasteiger partial charge in [-0.2, -0.15) is 0 Å². The van der Waals surface area contributed by atoms with Crippen LogP contribution in [0.5, 0.6) is 5.75 Å². The SMILES string of the molecule is C=CCOc1ccc(-n2c(C)cc(/C=C3\C(=O)NC(=O)N(c4ccc(Cl)cc4)C3=O)c2C)cc1. The normalized spacial score (nSPS) is 15.0. The Bertz CT molecular complexity index is 1320. The Morgan fingerprint density at radius 2 is 1.65 bits per heavy atom. The molecular formula is C26H22ClN3O4. The van der Waals surface area contributed by atoms with Gasteiger partial charge in [0.2, 0.25) is 0 Å². The predicted octanol–water partition coefficient (Wildman–Crippen LogP) is 4.98. The van der Waals surface area contributed by atoms with Crippen LogP contribution in [0, 0.1) is 13.8 Å². The van der Waals surface area contributed by atoms with E-state index in [0.717, 1.165) is 27.7 Å². The van der Waals surface area contributed by atoms with Crippen molar-refractivity contribution < 1.29 is 19.1 Å². The Labute approximate surface area is 201 Å². The number of barbiturate groups is 1. The Morgan fingerprint density at radius 3 is 2.29 bits per heavy atom. The largest absolute Gasteiger partial charge is 0.490 e. The molecule has 0 radical (unpaired) electrons. The lowest BCUT2D eigenvalue weighted by Crippen LogP contribution is -2.54. The van der Waals surface area contributed by atoms with Crippen LogP contribution in [0.3, 0.4) is 0 Å². The Hall–Kier alpha value is -4.10. The zero-order chi connectivity index (χ0) is 24.4. The van der Waals surface area contributed by atoms with Crippen LogP contribution in [-0.2, 0) is 9.59 Å². The van der Waals surface area contributed by atoms with Gasteiger partial charge in [0.1, 0.15) is 17.9 Å². The molecule has 8 heteroatoms. The van der Waals surface area contributed by atoms with Crippen LogP contribution in [-0.4, -0.2) is 29.0 Å². The van der Waals surface area contributed by atoms with E-state index in [9.17, 15) is 14.4 Å². The number of hydrogen-bond acceptors (Lipinski definition) is 4. The maximum absolute atomic E-state index is 13.1. The second-order valence-corrected chi connectivity index (χ2v) is 8.13.